The van der Waals surface area contributed by atoms with E-state index >= 15 is 0 Å². The van der Waals surface area contributed by atoms with Crippen molar-refractivity contribution >= 4 is 28.2 Å². The Labute approximate surface area is 213 Å². The Bertz CT molecular complexity index is 1630. The number of fused-ring (bicyclic) bond motifs is 1. The van der Waals surface area contributed by atoms with Gasteiger partial charge >= 0.3 is 0 Å². The van der Waals surface area contributed by atoms with Crippen LogP contribution in [0.2, 0.25) is 0 Å². The number of nitrogens with two attached hydrogens (primary N) is 1. The van der Waals surface area contributed by atoms with E-state index in [0.717, 1.165) is 16.5 Å². The summed E-state index contributed by atoms with van der Waals surface area (Å²) in [5.41, 5.74) is 10.3. The number of nitrogens with zero attached hydrogens (tertiary/aromatic N) is 4. The quantitative estimate of drug-likeness (QED) is 0.200. The van der Waals surface area contributed by atoms with Gasteiger partial charge in [-0.05, 0) is 42.8 Å². The molecule has 3 aromatic carbocycles. The SMILES string of the molecule is CCNC(=O)c1nnc(-c2cc(C(=N)Cc3ccccc3)c(N)cc2O)n1-c1ccc2c(ccn2C)c1. The number of anilines is 1. The molecule has 0 bridgehead atoms. The maximum absolute atomic E-state index is 12.9. The van der Waals surface area contributed by atoms with E-state index in [1.54, 1.807) is 10.6 Å². The van der Waals surface area contributed by atoms with Gasteiger partial charge in [-0.1, -0.05) is 30.3 Å². The van der Waals surface area contributed by atoms with Crippen LogP contribution in [0.4, 0.5) is 5.69 Å². The summed E-state index contributed by atoms with van der Waals surface area (Å²) in [5.74, 6) is -0.154. The first-order chi connectivity index (χ1) is 17.9. The number of phenols is 1. The third kappa shape index (κ3) is 4.42. The fourth-order valence-corrected chi connectivity index (χ4v) is 4.44. The van der Waals surface area contributed by atoms with Crippen LogP contribution in [0.3, 0.4) is 0 Å². The minimum absolute atomic E-state index is 0.0873. The molecule has 2 heterocycles. The minimum atomic E-state index is -0.388. The van der Waals surface area contributed by atoms with Crippen molar-refractivity contribution in [1.29, 1.82) is 5.41 Å². The molecule has 5 N–H and O–H groups in total. The number of nitrogen functional groups attached to an aromatic ring is 1. The summed E-state index contributed by atoms with van der Waals surface area (Å²) < 4.78 is 3.63. The molecule has 0 aliphatic carbocycles. The second-order valence-electron chi connectivity index (χ2n) is 8.81. The molecule has 9 heteroatoms. The predicted molar refractivity (Wildman–Crippen MR) is 144 cm³/mol. The standard InChI is InChI=1S/C28H27N7O2/c1-3-31-28(37)27-33-32-26(35(27)19-9-10-24-18(14-19)11-12-34(24)2)21-15-20(23(30)16-25(21)36)22(29)13-17-7-5-4-6-8-17/h4-12,14-16,29,36H,3,13,30H2,1-2H3,(H,31,37). The zero-order valence-electron chi connectivity index (χ0n) is 20.6. The fraction of sp³-hybridized carbons (Fsp3) is 0.143. The lowest BCUT2D eigenvalue weighted by molar-refractivity contribution is 0.0943. The van der Waals surface area contributed by atoms with Crippen molar-refractivity contribution in [2.75, 3.05) is 12.3 Å². The van der Waals surface area contributed by atoms with E-state index in [2.05, 4.69) is 15.5 Å². The van der Waals surface area contributed by atoms with Crippen molar-refractivity contribution in [3.8, 4) is 22.8 Å². The molecule has 5 rings (SSSR count). The second kappa shape index (κ2) is 9.62. The number of aromatic nitrogens is 4. The Hall–Kier alpha value is -4.92. The molecule has 0 radical (unpaired) electrons. The van der Waals surface area contributed by atoms with Gasteiger partial charge < -0.3 is 26.1 Å². The molecule has 0 aliphatic rings. The maximum atomic E-state index is 12.9. The Kier molecular flexibility index (Phi) is 6.19. The van der Waals surface area contributed by atoms with Crippen LogP contribution in [0, 0.1) is 5.41 Å². The molecule has 0 unspecified atom stereocenters. The van der Waals surface area contributed by atoms with Crippen LogP contribution in [-0.4, -0.2) is 42.6 Å². The Balaban J connectivity index is 1.66. The largest absolute Gasteiger partial charge is 0.507 e. The van der Waals surface area contributed by atoms with Crippen LogP contribution >= 0.6 is 0 Å². The van der Waals surface area contributed by atoms with Crippen molar-refractivity contribution in [3.05, 3.63) is 89.9 Å². The topological polar surface area (TPSA) is 135 Å². The van der Waals surface area contributed by atoms with Crippen molar-refractivity contribution in [2.45, 2.75) is 13.3 Å². The van der Waals surface area contributed by atoms with E-state index in [9.17, 15) is 9.90 Å². The highest BCUT2D eigenvalue weighted by atomic mass is 16.3. The van der Waals surface area contributed by atoms with E-state index < -0.39 is 0 Å². The summed E-state index contributed by atoms with van der Waals surface area (Å²) in [7, 11) is 1.96. The van der Waals surface area contributed by atoms with Gasteiger partial charge in [0, 0.05) is 60.1 Å². The van der Waals surface area contributed by atoms with Crippen LogP contribution in [0.25, 0.3) is 28.0 Å². The summed E-state index contributed by atoms with van der Waals surface area (Å²) in [4.78, 5) is 12.9. The van der Waals surface area contributed by atoms with Gasteiger partial charge in [-0.3, -0.25) is 9.36 Å². The molecule has 0 atom stereocenters. The van der Waals surface area contributed by atoms with Gasteiger partial charge in [-0.2, -0.15) is 0 Å². The number of carbonyl (C=O) groups is 1. The normalized spacial score (nSPS) is 11.1. The summed E-state index contributed by atoms with van der Waals surface area (Å²) in [5, 5.41) is 31.8. The van der Waals surface area contributed by atoms with Gasteiger partial charge in [-0.25, -0.2) is 0 Å². The number of carbonyl (C=O) groups excluding carboxylic acids is 1. The van der Waals surface area contributed by atoms with Crippen molar-refractivity contribution in [1.82, 2.24) is 24.6 Å². The monoisotopic (exact) mass is 493 g/mol. The van der Waals surface area contributed by atoms with Crippen LogP contribution in [0.1, 0.15) is 28.7 Å². The Morgan fingerprint density at radius 3 is 2.62 bits per heavy atom. The number of hydrogen-bond acceptors (Lipinski definition) is 6. The van der Waals surface area contributed by atoms with Gasteiger partial charge in [0.25, 0.3) is 5.91 Å². The Morgan fingerprint density at radius 1 is 1.08 bits per heavy atom. The first-order valence-electron chi connectivity index (χ1n) is 11.9. The van der Waals surface area contributed by atoms with Crippen LogP contribution in [0.5, 0.6) is 5.75 Å². The lowest BCUT2D eigenvalue weighted by atomic mass is 9.98. The zero-order chi connectivity index (χ0) is 26.1. The van der Waals surface area contributed by atoms with Gasteiger partial charge in [-0.15, -0.1) is 10.2 Å². The summed E-state index contributed by atoms with van der Waals surface area (Å²) in [6, 6.07) is 20.5. The number of phenolic OH excluding ortho intramolecular Hbond substituents is 1. The molecule has 9 nitrogen and oxygen atoms in total. The van der Waals surface area contributed by atoms with E-state index in [4.69, 9.17) is 11.1 Å². The van der Waals surface area contributed by atoms with E-state index in [1.807, 2.05) is 79.3 Å². The lowest BCUT2D eigenvalue weighted by Crippen LogP contribution is -2.26. The highest BCUT2D eigenvalue weighted by Gasteiger charge is 2.24. The highest BCUT2D eigenvalue weighted by molar-refractivity contribution is 6.05. The lowest BCUT2D eigenvalue weighted by Gasteiger charge is -2.14. The van der Waals surface area contributed by atoms with Crippen LogP contribution in [0.15, 0.2) is 72.9 Å². The molecular weight excluding hydrogens is 466 g/mol. The van der Waals surface area contributed by atoms with Crippen molar-refractivity contribution < 1.29 is 9.90 Å². The highest BCUT2D eigenvalue weighted by Crippen LogP contribution is 2.35. The maximum Gasteiger partial charge on any atom is 0.289 e. The summed E-state index contributed by atoms with van der Waals surface area (Å²) in [6.07, 6.45) is 2.33. The number of hydrogen-bond donors (Lipinski definition) is 4. The first kappa shape index (κ1) is 23.8. The minimum Gasteiger partial charge on any atom is -0.507 e. The molecule has 37 heavy (non-hydrogen) atoms. The summed E-state index contributed by atoms with van der Waals surface area (Å²) in [6.45, 7) is 2.25. The molecule has 2 aromatic heterocycles. The number of aryl methyl sites for hydroxylation is 1. The zero-order valence-corrected chi connectivity index (χ0v) is 20.6. The molecule has 1 amide bonds. The predicted octanol–water partition coefficient (Wildman–Crippen LogP) is 4.07. The third-order valence-electron chi connectivity index (χ3n) is 6.29. The van der Waals surface area contributed by atoms with E-state index in [-0.39, 0.29) is 29.0 Å². The van der Waals surface area contributed by atoms with Crippen molar-refractivity contribution in [3.63, 3.8) is 0 Å². The van der Waals surface area contributed by atoms with E-state index in [1.165, 1.54) is 6.07 Å². The number of nitrogens with one attached hydrogen (secondary N) is 2. The third-order valence-corrected chi connectivity index (χ3v) is 6.29. The molecule has 186 valence electrons. The molecule has 0 spiro atoms. The average Bonchev–Trinajstić information content (AvgIpc) is 3.48. The first-order valence-corrected chi connectivity index (χ1v) is 11.9. The fourth-order valence-electron chi connectivity index (χ4n) is 4.44. The van der Waals surface area contributed by atoms with Crippen LogP contribution < -0.4 is 11.1 Å². The van der Waals surface area contributed by atoms with Gasteiger partial charge in [0.15, 0.2) is 5.82 Å². The van der Waals surface area contributed by atoms with Gasteiger partial charge in [0.1, 0.15) is 5.75 Å². The molecule has 0 fully saturated rings. The number of aromatic hydroxyl groups is 1. The number of benzene rings is 3. The second-order valence-corrected chi connectivity index (χ2v) is 8.81. The Morgan fingerprint density at radius 2 is 1.86 bits per heavy atom. The smallest absolute Gasteiger partial charge is 0.289 e. The average molecular weight is 494 g/mol. The molecule has 0 saturated carbocycles. The molecular formula is C28H27N7O2. The van der Waals surface area contributed by atoms with Crippen LogP contribution in [-0.2, 0) is 13.5 Å². The van der Waals surface area contributed by atoms with Crippen molar-refractivity contribution in [2.24, 2.45) is 7.05 Å². The van der Waals surface area contributed by atoms with Gasteiger partial charge in [0.2, 0.25) is 5.82 Å². The number of amides is 1. The number of rotatable bonds is 7. The van der Waals surface area contributed by atoms with Gasteiger partial charge in [0.05, 0.1) is 11.3 Å². The molecule has 0 saturated heterocycles. The van der Waals surface area contributed by atoms with E-state index in [0.29, 0.717) is 35.5 Å². The molecule has 5 aromatic rings. The summed E-state index contributed by atoms with van der Waals surface area (Å²) >= 11 is 0. The molecule has 0 aliphatic heterocycles.